The first-order valence-corrected chi connectivity index (χ1v) is 5.92. The van der Waals surface area contributed by atoms with Crippen LogP contribution in [0.25, 0.3) is 10.9 Å². The molecule has 0 bridgehead atoms. The van der Waals surface area contributed by atoms with Crippen LogP contribution in [0, 0.1) is 6.92 Å². The number of aryl methyl sites for hydroxylation is 1. The molecule has 0 saturated carbocycles. The maximum absolute atomic E-state index is 5.65. The van der Waals surface area contributed by atoms with Crippen LogP contribution in [-0.2, 0) is 6.42 Å². The Labute approximate surface area is 107 Å². The average molecular weight is 246 g/mol. The minimum atomic E-state index is 0.618. The summed E-state index contributed by atoms with van der Waals surface area (Å²) in [7, 11) is 3.26. The summed E-state index contributed by atoms with van der Waals surface area (Å²) in [5.74, 6) is 1.41. The molecular formula is C14H18N2O2. The third-order valence-corrected chi connectivity index (χ3v) is 2.94. The van der Waals surface area contributed by atoms with Crippen LogP contribution in [0.2, 0.25) is 0 Å². The summed E-state index contributed by atoms with van der Waals surface area (Å²) in [5, 5.41) is 1.07. The minimum Gasteiger partial charge on any atom is -0.493 e. The predicted molar refractivity (Wildman–Crippen MR) is 72.3 cm³/mol. The SMILES string of the molecule is COc1cc2nc(C)cc(CCN)c2cc1OC. The van der Waals surface area contributed by atoms with E-state index in [9.17, 15) is 0 Å². The zero-order chi connectivity index (χ0) is 13.1. The fraction of sp³-hybridized carbons (Fsp3) is 0.357. The summed E-state index contributed by atoms with van der Waals surface area (Å²) in [6.45, 7) is 2.60. The van der Waals surface area contributed by atoms with Crippen molar-refractivity contribution in [3.8, 4) is 11.5 Å². The van der Waals surface area contributed by atoms with Crippen LogP contribution in [-0.4, -0.2) is 25.7 Å². The number of hydrogen-bond acceptors (Lipinski definition) is 4. The molecule has 0 unspecified atom stereocenters. The number of nitrogens with zero attached hydrogens (tertiary/aromatic N) is 1. The molecule has 1 aromatic carbocycles. The second-order valence-electron chi connectivity index (χ2n) is 4.19. The van der Waals surface area contributed by atoms with Gasteiger partial charge in [0.05, 0.1) is 19.7 Å². The van der Waals surface area contributed by atoms with E-state index in [0.29, 0.717) is 18.0 Å². The van der Waals surface area contributed by atoms with E-state index in [4.69, 9.17) is 15.2 Å². The second kappa shape index (κ2) is 5.23. The van der Waals surface area contributed by atoms with Gasteiger partial charge in [0.25, 0.3) is 0 Å². The summed E-state index contributed by atoms with van der Waals surface area (Å²) in [5.41, 5.74) is 8.74. The standard InChI is InChI=1S/C14H18N2O2/c1-9-6-10(4-5-15)11-7-13(17-2)14(18-3)8-12(11)16-9/h6-8H,4-5,15H2,1-3H3. The van der Waals surface area contributed by atoms with Crippen molar-refractivity contribution in [1.82, 2.24) is 4.98 Å². The molecule has 0 radical (unpaired) electrons. The van der Waals surface area contributed by atoms with Gasteiger partial charge in [0.1, 0.15) is 0 Å². The van der Waals surface area contributed by atoms with E-state index in [-0.39, 0.29) is 0 Å². The largest absolute Gasteiger partial charge is 0.493 e. The van der Waals surface area contributed by atoms with Crippen LogP contribution in [0.3, 0.4) is 0 Å². The summed E-state index contributed by atoms with van der Waals surface area (Å²) >= 11 is 0. The molecule has 0 aliphatic carbocycles. The van der Waals surface area contributed by atoms with Gasteiger partial charge in [0.15, 0.2) is 11.5 Å². The normalized spacial score (nSPS) is 10.7. The third-order valence-electron chi connectivity index (χ3n) is 2.94. The molecule has 4 nitrogen and oxygen atoms in total. The summed E-state index contributed by atoms with van der Waals surface area (Å²) in [6, 6.07) is 5.94. The maximum atomic E-state index is 5.65. The van der Waals surface area contributed by atoms with Gasteiger partial charge >= 0.3 is 0 Å². The highest BCUT2D eigenvalue weighted by molar-refractivity contribution is 5.86. The number of benzene rings is 1. The Morgan fingerprint density at radius 2 is 1.78 bits per heavy atom. The number of rotatable bonds is 4. The Bertz CT molecular complexity index is 567. The van der Waals surface area contributed by atoms with E-state index in [1.165, 1.54) is 5.56 Å². The van der Waals surface area contributed by atoms with Gasteiger partial charge in [-0.2, -0.15) is 0 Å². The third kappa shape index (κ3) is 2.24. The highest BCUT2D eigenvalue weighted by Gasteiger charge is 2.10. The van der Waals surface area contributed by atoms with E-state index in [2.05, 4.69) is 11.1 Å². The van der Waals surface area contributed by atoms with E-state index < -0.39 is 0 Å². The van der Waals surface area contributed by atoms with E-state index in [1.54, 1.807) is 14.2 Å². The Hall–Kier alpha value is -1.81. The van der Waals surface area contributed by atoms with Gasteiger partial charge in [-0.25, -0.2) is 0 Å². The lowest BCUT2D eigenvalue weighted by molar-refractivity contribution is 0.355. The van der Waals surface area contributed by atoms with Gasteiger partial charge in [0, 0.05) is 17.1 Å². The fourth-order valence-corrected chi connectivity index (χ4v) is 2.13. The van der Waals surface area contributed by atoms with Crippen molar-refractivity contribution in [3.63, 3.8) is 0 Å². The van der Waals surface area contributed by atoms with Crippen LogP contribution in [0.4, 0.5) is 0 Å². The van der Waals surface area contributed by atoms with Gasteiger partial charge in [-0.15, -0.1) is 0 Å². The molecule has 1 heterocycles. The first kappa shape index (κ1) is 12.6. The zero-order valence-electron chi connectivity index (χ0n) is 11.0. The molecule has 2 N–H and O–H groups in total. The van der Waals surface area contributed by atoms with Crippen molar-refractivity contribution in [1.29, 1.82) is 0 Å². The molecular weight excluding hydrogens is 228 g/mol. The minimum absolute atomic E-state index is 0.618. The molecule has 0 aliphatic rings. The van der Waals surface area contributed by atoms with Crippen molar-refractivity contribution in [3.05, 3.63) is 29.5 Å². The number of fused-ring (bicyclic) bond motifs is 1. The van der Waals surface area contributed by atoms with Crippen molar-refractivity contribution in [2.75, 3.05) is 20.8 Å². The molecule has 2 rings (SSSR count). The summed E-state index contributed by atoms with van der Waals surface area (Å²) in [4.78, 5) is 4.53. The number of aromatic nitrogens is 1. The lowest BCUT2D eigenvalue weighted by Crippen LogP contribution is -2.04. The number of methoxy groups -OCH3 is 2. The smallest absolute Gasteiger partial charge is 0.162 e. The number of ether oxygens (including phenoxy) is 2. The topological polar surface area (TPSA) is 57.4 Å². The van der Waals surface area contributed by atoms with Gasteiger partial charge in [-0.1, -0.05) is 0 Å². The van der Waals surface area contributed by atoms with Gasteiger partial charge < -0.3 is 15.2 Å². The molecule has 0 amide bonds. The summed E-state index contributed by atoms with van der Waals surface area (Å²) < 4.78 is 10.6. The Kier molecular flexibility index (Phi) is 3.67. The molecule has 2 aromatic rings. The first-order chi connectivity index (χ1) is 8.69. The number of pyridine rings is 1. The maximum Gasteiger partial charge on any atom is 0.162 e. The van der Waals surface area contributed by atoms with Crippen molar-refractivity contribution in [2.24, 2.45) is 5.73 Å². The highest BCUT2D eigenvalue weighted by Crippen LogP contribution is 2.33. The number of hydrogen-bond donors (Lipinski definition) is 1. The monoisotopic (exact) mass is 246 g/mol. The molecule has 1 aromatic heterocycles. The average Bonchev–Trinajstić information content (AvgIpc) is 2.37. The molecule has 18 heavy (non-hydrogen) atoms. The molecule has 0 fully saturated rings. The van der Waals surface area contributed by atoms with E-state index in [1.807, 2.05) is 19.1 Å². The summed E-state index contributed by atoms with van der Waals surface area (Å²) in [6.07, 6.45) is 0.829. The van der Waals surface area contributed by atoms with E-state index in [0.717, 1.165) is 23.0 Å². The Balaban J connectivity index is 2.70. The molecule has 0 spiro atoms. The molecule has 0 saturated heterocycles. The molecule has 0 aliphatic heterocycles. The van der Waals surface area contributed by atoms with Gasteiger partial charge in [-0.05, 0) is 37.6 Å². The highest BCUT2D eigenvalue weighted by atomic mass is 16.5. The van der Waals surface area contributed by atoms with Crippen molar-refractivity contribution >= 4 is 10.9 Å². The zero-order valence-corrected chi connectivity index (χ0v) is 11.0. The second-order valence-corrected chi connectivity index (χ2v) is 4.19. The Morgan fingerprint density at radius 1 is 1.11 bits per heavy atom. The number of nitrogens with two attached hydrogens (primary N) is 1. The van der Waals surface area contributed by atoms with E-state index >= 15 is 0 Å². The molecule has 4 heteroatoms. The van der Waals surface area contributed by atoms with Crippen LogP contribution >= 0.6 is 0 Å². The Morgan fingerprint density at radius 3 is 2.39 bits per heavy atom. The van der Waals surface area contributed by atoms with Crippen LogP contribution in [0.1, 0.15) is 11.3 Å². The lowest BCUT2D eigenvalue weighted by atomic mass is 10.0. The van der Waals surface area contributed by atoms with Gasteiger partial charge in [-0.3, -0.25) is 4.98 Å². The van der Waals surface area contributed by atoms with Crippen LogP contribution in [0.5, 0.6) is 11.5 Å². The van der Waals surface area contributed by atoms with Crippen LogP contribution in [0.15, 0.2) is 18.2 Å². The quantitative estimate of drug-likeness (QED) is 0.897. The fourth-order valence-electron chi connectivity index (χ4n) is 2.13. The van der Waals surface area contributed by atoms with Crippen LogP contribution < -0.4 is 15.2 Å². The van der Waals surface area contributed by atoms with Crippen molar-refractivity contribution < 1.29 is 9.47 Å². The van der Waals surface area contributed by atoms with Gasteiger partial charge in [0.2, 0.25) is 0 Å². The lowest BCUT2D eigenvalue weighted by Gasteiger charge is -2.12. The predicted octanol–water partition coefficient (Wildman–Crippen LogP) is 2.06. The molecule has 96 valence electrons. The first-order valence-electron chi connectivity index (χ1n) is 5.92. The van der Waals surface area contributed by atoms with Crippen molar-refractivity contribution in [2.45, 2.75) is 13.3 Å². The molecule has 0 atom stereocenters.